The third-order valence-corrected chi connectivity index (χ3v) is 3.15. The molecule has 0 atom stereocenters. The zero-order valence-electron chi connectivity index (χ0n) is 11.9. The minimum Gasteiger partial charge on any atom is -0.870 e. The molecule has 1 saturated heterocycles. The molecule has 2 N–H and O–H groups in total. The maximum Gasteiger partial charge on any atom is 1.00 e. The molecule has 2 aromatic rings. The van der Waals surface area contributed by atoms with E-state index in [0.29, 0.717) is 43.4 Å². The number of hydrogen-bond donors (Lipinski definition) is 1. The van der Waals surface area contributed by atoms with E-state index >= 15 is 0 Å². The summed E-state index contributed by atoms with van der Waals surface area (Å²) in [5.41, 5.74) is 0.763. The van der Waals surface area contributed by atoms with Crippen molar-refractivity contribution in [2.75, 3.05) is 38.3 Å². The van der Waals surface area contributed by atoms with Crippen LogP contribution >= 0.6 is 0 Å². The summed E-state index contributed by atoms with van der Waals surface area (Å²) in [6.45, 7) is 2.69. The number of carbonyl (C=O) groups excluding carboxylic acids is 1. The van der Waals surface area contributed by atoms with Gasteiger partial charge in [-0.1, -0.05) is 5.52 Å². The quantitative estimate of drug-likeness (QED) is 0.475. The maximum atomic E-state index is 11.0. The first-order valence-electron chi connectivity index (χ1n) is 5.97. The number of nitrogens with one attached hydrogen (secondary N) is 1. The number of fused-ring (bicyclic) bond motifs is 1. The molecule has 8 nitrogen and oxygen atoms in total. The van der Waals surface area contributed by atoms with E-state index in [9.17, 15) is 4.79 Å². The Morgan fingerprint density at radius 1 is 1.43 bits per heavy atom. The first kappa shape index (κ1) is 17.5. The van der Waals surface area contributed by atoms with Crippen LogP contribution < -0.4 is 28.5 Å². The molecule has 9 heteroatoms. The molecule has 0 aromatic carbocycles. The van der Waals surface area contributed by atoms with Crippen LogP contribution in [-0.2, 0) is 9.53 Å². The third kappa shape index (κ3) is 3.03. The normalized spacial score (nSPS) is 14.2. The molecule has 3 heterocycles. The van der Waals surface area contributed by atoms with Crippen LogP contribution in [0.4, 0.5) is 5.82 Å². The number of H-pyrrole nitrogens is 1. The molecule has 1 fully saturated rings. The van der Waals surface area contributed by atoms with Gasteiger partial charge in [0.1, 0.15) is 0 Å². The Bertz CT molecular complexity index is 613. The molecule has 0 spiro atoms. The molecule has 0 aliphatic carbocycles. The van der Waals surface area contributed by atoms with Crippen LogP contribution in [0.15, 0.2) is 6.20 Å². The summed E-state index contributed by atoms with van der Waals surface area (Å²) in [5, 5.41) is 7.42. The molecule has 21 heavy (non-hydrogen) atoms. The summed E-state index contributed by atoms with van der Waals surface area (Å²) in [6.07, 6.45) is 3.47. The molecular formula is C12H14LiN4O4-. The van der Waals surface area contributed by atoms with Gasteiger partial charge in [0.25, 0.3) is 0 Å². The van der Waals surface area contributed by atoms with E-state index < -0.39 is 0 Å². The molecule has 1 aliphatic rings. The minimum atomic E-state index is 0. The zero-order valence-corrected chi connectivity index (χ0v) is 11.9. The molecule has 0 amide bonds. The van der Waals surface area contributed by atoms with Gasteiger partial charge in [-0.15, -0.1) is 0 Å². The van der Waals surface area contributed by atoms with Gasteiger partial charge >= 0.3 is 18.9 Å². The topological polar surface area (TPSA) is 110 Å². The number of morpholine rings is 1. The summed E-state index contributed by atoms with van der Waals surface area (Å²) in [6, 6.07) is 0. The van der Waals surface area contributed by atoms with E-state index in [2.05, 4.69) is 15.2 Å². The second-order valence-electron chi connectivity index (χ2n) is 4.18. The van der Waals surface area contributed by atoms with Gasteiger partial charge in [-0.05, 0) is 11.1 Å². The molecule has 2 aromatic heterocycles. The fourth-order valence-corrected chi connectivity index (χ4v) is 2.24. The van der Waals surface area contributed by atoms with Gasteiger partial charge in [-0.25, -0.2) is 5.10 Å². The fraction of sp³-hybridized carbons (Fsp3) is 0.417. The third-order valence-electron chi connectivity index (χ3n) is 3.15. The van der Waals surface area contributed by atoms with Gasteiger partial charge in [0.05, 0.1) is 20.3 Å². The van der Waals surface area contributed by atoms with Crippen LogP contribution in [0, 0.1) is 0 Å². The van der Waals surface area contributed by atoms with E-state index in [0.717, 1.165) is 5.39 Å². The van der Waals surface area contributed by atoms with E-state index in [4.69, 9.17) is 9.47 Å². The number of aromatic nitrogens is 3. The van der Waals surface area contributed by atoms with Gasteiger partial charge in [0, 0.05) is 25.6 Å². The van der Waals surface area contributed by atoms with Crippen molar-refractivity contribution < 1.29 is 38.6 Å². The molecule has 108 valence electrons. The van der Waals surface area contributed by atoms with Gasteiger partial charge in [0.2, 0.25) is 0 Å². The van der Waals surface area contributed by atoms with Crippen LogP contribution in [0.3, 0.4) is 0 Å². The van der Waals surface area contributed by atoms with Gasteiger partial charge < -0.3 is 29.7 Å². The van der Waals surface area contributed by atoms with Crippen molar-refractivity contribution in [2.24, 2.45) is 0 Å². The average molecular weight is 285 g/mol. The summed E-state index contributed by atoms with van der Waals surface area (Å²) >= 11 is 0. The molecular weight excluding hydrogens is 271 g/mol. The molecule has 3 rings (SSSR count). The summed E-state index contributed by atoms with van der Waals surface area (Å²) in [5.74, 6) is 1.25. The second kappa shape index (κ2) is 7.43. The SMILES string of the molecule is COc1c(N2CCOCC2)nc([C-]=O)c2[nH]ncc12.[Li+].[OH-]. The van der Waals surface area contributed by atoms with Crippen molar-refractivity contribution in [3.63, 3.8) is 0 Å². The van der Waals surface area contributed by atoms with Gasteiger partial charge in [0.15, 0.2) is 11.6 Å². The summed E-state index contributed by atoms with van der Waals surface area (Å²) in [7, 11) is 1.58. The second-order valence-corrected chi connectivity index (χ2v) is 4.18. The standard InChI is InChI=1S/C12H13N4O3.Li.H2O/c1-18-11-8-6-13-15-10(8)9(7-17)14-12(11)16-2-4-19-5-3-16;;/h6H,2-5H2,1H3,(H,13,15);;1H2/q-1;+1;/p-1. The Hall–Kier alpha value is -1.59. The predicted octanol–water partition coefficient (Wildman–Crippen LogP) is -2.91. The van der Waals surface area contributed by atoms with Crippen molar-refractivity contribution in [1.82, 2.24) is 15.2 Å². The fourth-order valence-electron chi connectivity index (χ4n) is 2.24. The number of aromatic amines is 1. The zero-order chi connectivity index (χ0) is 13.2. The molecule has 1 aliphatic heterocycles. The Morgan fingerprint density at radius 2 is 2.14 bits per heavy atom. The smallest absolute Gasteiger partial charge is 0.870 e. The number of rotatable bonds is 3. The first-order valence-corrected chi connectivity index (χ1v) is 5.97. The minimum absolute atomic E-state index is 0. The van der Waals surface area contributed by atoms with Crippen LogP contribution in [0.1, 0.15) is 5.69 Å². The van der Waals surface area contributed by atoms with E-state index in [1.54, 1.807) is 13.3 Å². The maximum absolute atomic E-state index is 11.0. The molecule has 0 saturated carbocycles. The predicted molar refractivity (Wildman–Crippen MR) is 70.2 cm³/mol. The van der Waals surface area contributed by atoms with Crippen molar-refractivity contribution in [3.05, 3.63) is 11.9 Å². The Balaban J connectivity index is 0.00000110. The molecule has 0 bridgehead atoms. The Morgan fingerprint density at radius 3 is 2.76 bits per heavy atom. The Kier molecular flexibility index (Phi) is 6.17. The monoisotopic (exact) mass is 285 g/mol. The number of pyridine rings is 1. The number of nitrogens with zero attached hydrogens (tertiary/aromatic N) is 3. The molecule has 0 radical (unpaired) electrons. The summed E-state index contributed by atoms with van der Waals surface area (Å²) < 4.78 is 10.8. The number of ether oxygens (including phenoxy) is 2. The van der Waals surface area contributed by atoms with Gasteiger partial charge in [-0.3, -0.25) is 4.98 Å². The Labute approximate surface area is 133 Å². The average Bonchev–Trinajstić information content (AvgIpc) is 2.95. The van der Waals surface area contributed by atoms with Crippen LogP contribution in [-0.4, -0.2) is 60.4 Å². The molecule has 0 unspecified atom stereocenters. The van der Waals surface area contributed by atoms with Crippen molar-refractivity contribution in [3.8, 4) is 5.75 Å². The summed E-state index contributed by atoms with van der Waals surface area (Å²) in [4.78, 5) is 17.4. The number of hydrogen-bond acceptors (Lipinski definition) is 7. The number of anilines is 1. The van der Waals surface area contributed by atoms with Crippen molar-refractivity contribution in [2.45, 2.75) is 0 Å². The van der Waals surface area contributed by atoms with Crippen molar-refractivity contribution in [1.29, 1.82) is 0 Å². The van der Waals surface area contributed by atoms with Gasteiger partial charge in [-0.2, -0.15) is 0 Å². The van der Waals surface area contributed by atoms with E-state index in [-0.39, 0.29) is 30.0 Å². The number of methoxy groups -OCH3 is 1. The van der Waals surface area contributed by atoms with Crippen LogP contribution in [0.25, 0.3) is 10.9 Å². The van der Waals surface area contributed by atoms with E-state index in [1.165, 1.54) is 0 Å². The first-order chi connectivity index (χ1) is 9.35. The van der Waals surface area contributed by atoms with Crippen LogP contribution in [0.2, 0.25) is 0 Å². The van der Waals surface area contributed by atoms with Crippen molar-refractivity contribution >= 4 is 23.0 Å². The van der Waals surface area contributed by atoms with Crippen LogP contribution in [0.5, 0.6) is 5.75 Å². The van der Waals surface area contributed by atoms with E-state index in [1.807, 2.05) is 11.2 Å². The largest absolute Gasteiger partial charge is 1.00 e.